The van der Waals surface area contributed by atoms with E-state index in [9.17, 15) is 18.4 Å². The molecule has 0 radical (unpaired) electrons. The number of hydrogen-bond acceptors (Lipinski definition) is 6. The Kier molecular flexibility index (Phi) is 4.75. The van der Waals surface area contributed by atoms with Gasteiger partial charge in [-0.15, -0.1) is 16.4 Å². The quantitative estimate of drug-likeness (QED) is 0.692. The molecule has 2 amide bonds. The zero-order chi connectivity index (χ0) is 19.8. The van der Waals surface area contributed by atoms with Crippen LogP contribution in [0.25, 0.3) is 5.78 Å². The van der Waals surface area contributed by atoms with Crippen LogP contribution in [0.15, 0.2) is 23.6 Å². The Hall–Kier alpha value is -2.95. The van der Waals surface area contributed by atoms with Crippen LogP contribution in [0, 0.1) is 6.92 Å². The average Bonchev–Trinajstić information content (AvgIpc) is 3.31. The van der Waals surface area contributed by atoms with E-state index in [1.165, 1.54) is 17.4 Å². The predicted octanol–water partition coefficient (Wildman–Crippen LogP) is 2.18. The van der Waals surface area contributed by atoms with Crippen LogP contribution in [0.3, 0.4) is 0 Å². The fourth-order valence-electron chi connectivity index (χ4n) is 3.19. The van der Waals surface area contributed by atoms with Crippen molar-refractivity contribution in [3.8, 4) is 0 Å². The molecular weight excluding hydrogens is 390 g/mol. The number of nitrogens with zero attached hydrogens (tertiary/aromatic N) is 4. The van der Waals surface area contributed by atoms with Crippen molar-refractivity contribution in [1.82, 2.24) is 30.2 Å². The summed E-state index contributed by atoms with van der Waals surface area (Å²) in [4.78, 5) is 33.4. The summed E-state index contributed by atoms with van der Waals surface area (Å²) in [6.07, 6.45) is -2.05. The summed E-state index contributed by atoms with van der Waals surface area (Å²) in [6.45, 7) is 1.57. The predicted molar refractivity (Wildman–Crippen MR) is 96.2 cm³/mol. The molecule has 0 aromatic carbocycles. The number of carbonyl (C=O) groups excluding carboxylic acids is 2. The summed E-state index contributed by atoms with van der Waals surface area (Å²) in [6, 6.07) is 4.23. The molecule has 1 fully saturated rings. The molecule has 28 heavy (non-hydrogen) atoms. The van der Waals surface area contributed by atoms with Gasteiger partial charge < -0.3 is 10.6 Å². The molecule has 8 nitrogen and oxygen atoms in total. The lowest BCUT2D eigenvalue weighted by atomic mass is 9.96. The minimum Gasteiger partial charge on any atom is -0.346 e. The van der Waals surface area contributed by atoms with Crippen molar-refractivity contribution in [3.63, 3.8) is 0 Å². The number of carbonyl (C=O) groups is 2. The van der Waals surface area contributed by atoms with Crippen LogP contribution in [-0.2, 0) is 4.79 Å². The van der Waals surface area contributed by atoms with Gasteiger partial charge in [0.15, 0.2) is 0 Å². The van der Waals surface area contributed by atoms with Crippen LogP contribution < -0.4 is 10.6 Å². The highest BCUT2D eigenvalue weighted by Gasteiger charge is 2.32. The molecule has 2 atom stereocenters. The second-order valence-electron chi connectivity index (χ2n) is 6.45. The van der Waals surface area contributed by atoms with Crippen molar-refractivity contribution in [3.05, 3.63) is 45.7 Å². The minimum atomic E-state index is -2.78. The van der Waals surface area contributed by atoms with Crippen molar-refractivity contribution in [2.75, 3.05) is 0 Å². The summed E-state index contributed by atoms with van der Waals surface area (Å²) in [5, 5.41) is 11.5. The highest BCUT2D eigenvalue weighted by Crippen LogP contribution is 2.28. The fourth-order valence-corrected chi connectivity index (χ4v) is 4.03. The number of alkyl halides is 2. The monoisotopic (exact) mass is 406 g/mol. The molecule has 1 aliphatic rings. The molecule has 3 aromatic heterocycles. The maximum absolute atomic E-state index is 13.2. The first-order chi connectivity index (χ1) is 13.4. The second-order valence-corrected chi connectivity index (χ2v) is 7.43. The van der Waals surface area contributed by atoms with Gasteiger partial charge in [0, 0.05) is 17.0 Å². The summed E-state index contributed by atoms with van der Waals surface area (Å²) in [5.41, 5.74) is -0.0228. The van der Waals surface area contributed by atoms with Gasteiger partial charge in [0.05, 0.1) is 12.1 Å². The van der Waals surface area contributed by atoms with Crippen LogP contribution in [0.5, 0.6) is 0 Å². The van der Waals surface area contributed by atoms with Crippen molar-refractivity contribution in [1.29, 1.82) is 0 Å². The molecule has 1 saturated heterocycles. The van der Waals surface area contributed by atoms with Gasteiger partial charge in [0.25, 0.3) is 18.1 Å². The van der Waals surface area contributed by atoms with E-state index in [4.69, 9.17) is 0 Å². The molecule has 3 aromatic rings. The molecule has 0 unspecified atom stereocenters. The number of aromatic nitrogens is 4. The molecule has 0 bridgehead atoms. The number of piperidine rings is 1. The second kappa shape index (κ2) is 7.23. The standard InChI is InChI=1S/C17H16F2N6O2S/c1-8-7-10(14(18)19)25-17(20-8)23-15(24-25)16(27)21-9-4-5-12(26)22-13(9)11-3-2-6-28-11/h2-3,6-7,9,13-14H,4-5H2,1H3,(H,21,27)(H,22,26)/t9-,13-/m1/s1. The highest BCUT2D eigenvalue weighted by molar-refractivity contribution is 7.10. The minimum absolute atomic E-state index is 0.0628. The first kappa shape index (κ1) is 18.4. The first-order valence-corrected chi connectivity index (χ1v) is 9.46. The zero-order valence-electron chi connectivity index (χ0n) is 14.7. The largest absolute Gasteiger partial charge is 0.346 e. The van der Waals surface area contributed by atoms with Gasteiger partial charge >= 0.3 is 0 Å². The van der Waals surface area contributed by atoms with E-state index in [-0.39, 0.29) is 41.7 Å². The van der Waals surface area contributed by atoms with Crippen LogP contribution in [0.4, 0.5) is 8.78 Å². The summed E-state index contributed by atoms with van der Waals surface area (Å²) in [5.74, 6) is -1.00. The van der Waals surface area contributed by atoms with Gasteiger partial charge in [-0.05, 0) is 30.9 Å². The Morgan fingerprint density at radius 2 is 2.25 bits per heavy atom. The number of hydrogen-bond donors (Lipinski definition) is 2. The van der Waals surface area contributed by atoms with E-state index in [0.717, 1.165) is 9.39 Å². The maximum atomic E-state index is 13.2. The summed E-state index contributed by atoms with van der Waals surface area (Å²) in [7, 11) is 0. The van der Waals surface area contributed by atoms with Crippen molar-refractivity contribution in [2.45, 2.75) is 38.3 Å². The van der Waals surface area contributed by atoms with Gasteiger partial charge in [-0.25, -0.2) is 13.8 Å². The lowest BCUT2D eigenvalue weighted by molar-refractivity contribution is -0.123. The number of amides is 2. The van der Waals surface area contributed by atoms with E-state index in [0.29, 0.717) is 12.1 Å². The molecule has 0 aliphatic carbocycles. The Bertz CT molecular complexity index is 1040. The SMILES string of the molecule is Cc1cc(C(F)F)n2nc(C(=O)N[C@@H]3CCC(=O)N[C@H]3c3cccs3)nc2n1. The van der Waals surface area contributed by atoms with E-state index in [1.54, 1.807) is 6.92 Å². The van der Waals surface area contributed by atoms with Gasteiger partial charge in [-0.2, -0.15) is 9.50 Å². The van der Waals surface area contributed by atoms with Crippen LogP contribution in [0.1, 0.15) is 52.2 Å². The maximum Gasteiger partial charge on any atom is 0.291 e. The number of aryl methyl sites for hydroxylation is 1. The Labute approximate surface area is 162 Å². The summed E-state index contributed by atoms with van der Waals surface area (Å²) >= 11 is 1.47. The van der Waals surface area contributed by atoms with E-state index >= 15 is 0 Å². The zero-order valence-corrected chi connectivity index (χ0v) is 15.5. The molecule has 0 spiro atoms. The van der Waals surface area contributed by atoms with E-state index in [2.05, 4.69) is 25.7 Å². The smallest absolute Gasteiger partial charge is 0.291 e. The molecule has 4 rings (SSSR count). The topological polar surface area (TPSA) is 101 Å². The van der Waals surface area contributed by atoms with Gasteiger partial charge in [0.2, 0.25) is 11.7 Å². The summed E-state index contributed by atoms with van der Waals surface area (Å²) < 4.78 is 27.4. The number of fused-ring (bicyclic) bond motifs is 1. The van der Waals surface area contributed by atoms with Crippen LogP contribution in [-0.4, -0.2) is 37.4 Å². The molecule has 146 valence electrons. The molecule has 2 N–H and O–H groups in total. The van der Waals surface area contributed by atoms with Crippen LogP contribution in [0.2, 0.25) is 0 Å². The molecule has 1 aliphatic heterocycles. The van der Waals surface area contributed by atoms with Gasteiger partial charge in [0.1, 0.15) is 5.69 Å². The lowest BCUT2D eigenvalue weighted by Gasteiger charge is -2.31. The Balaban J connectivity index is 1.61. The van der Waals surface area contributed by atoms with Crippen molar-refractivity contribution >= 4 is 28.9 Å². The number of thiophene rings is 1. The number of rotatable bonds is 4. The molecule has 0 saturated carbocycles. The van der Waals surface area contributed by atoms with E-state index in [1.807, 2.05) is 17.5 Å². The lowest BCUT2D eigenvalue weighted by Crippen LogP contribution is -2.50. The third-order valence-corrected chi connectivity index (χ3v) is 5.42. The van der Waals surface area contributed by atoms with Crippen molar-refractivity contribution in [2.24, 2.45) is 0 Å². The van der Waals surface area contributed by atoms with E-state index < -0.39 is 12.3 Å². The fraction of sp³-hybridized carbons (Fsp3) is 0.353. The normalized spacial score (nSPS) is 19.8. The molecule has 4 heterocycles. The Morgan fingerprint density at radius 1 is 1.43 bits per heavy atom. The number of halogens is 2. The average molecular weight is 406 g/mol. The van der Waals surface area contributed by atoms with Gasteiger partial charge in [-0.1, -0.05) is 6.07 Å². The highest BCUT2D eigenvalue weighted by atomic mass is 32.1. The van der Waals surface area contributed by atoms with Gasteiger partial charge in [-0.3, -0.25) is 9.59 Å². The van der Waals surface area contributed by atoms with Crippen LogP contribution >= 0.6 is 11.3 Å². The molecule has 11 heteroatoms. The first-order valence-electron chi connectivity index (χ1n) is 8.58. The molecular formula is C17H16F2N6O2S. The third-order valence-electron chi connectivity index (χ3n) is 4.46. The third kappa shape index (κ3) is 3.44. The Morgan fingerprint density at radius 3 is 2.96 bits per heavy atom. The number of nitrogens with one attached hydrogen (secondary N) is 2. The van der Waals surface area contributed by atoms with Crippen molar-refractivity contribution < 1.29 is 18.4 Å².